The minimum Gasteiger partial charge on any atom is -0.463 e. The molecule has 0 N–H and O–H groups in total. The summed E-state index contributed by atoms with van der Waals surface area (Å²) in [7, 11) is 0. The van der Waals surface area contributed by atoms with Crippen molar-refractivity contribution in [3.63, 3.8) is 0 Å². The molecule has 2 heterocycles. The maximum absolute atomic E-state index is 12.1. The molecule has 0 bridgehead atoms. The van der Waals surface area contributed by atoms with Gasteiger partial charge in [0.15, 0.2) is 36.8 Å². The lowest BCUT2D eigenvalue weighted by atomic mass is 9.97. The van der Waals surface area contributed by atoms with Crippen molar-refractivity contribution < 1.29 is 90.5 Å². The third-order valence-corrected chi connectivity index (χ3v) is 6.15. The minimum atomic E-state index is -1.71. The van der Waals surface area contributed by atoms with Crippen LogP contribution < -0.4 is 0 Å². The molecule has 264 valence electrons. The van der Waals surface area contributed by atoms with Crippen LogP contribution in [-0.2, 0) is 90.5 Å². The van der Waals surface area contributed by atoms with Gasteiger partial charge in [-0.15, -0.1) is 0 Å². The summed E-state index contributed by atoms with van der Waals surface area (Å²) in [6, 6.07) is 0. The van der Waals surface area contributed by atoms with Crippen LogP contribution in [0.5, 0.6) is 0 Å². The molecule has 2 fully saturated rings. The van der Waals surface area contributed by atoms with Crippen molar-refractivity contribution in [3.05, 3.63) is 0 Å². The fourth-order valence-corrected chi connectivity index (χ4v) is 4.76. The molecule has 0 spiro atoms. The quantitative estimate of drug-likeness (QED) is 0.181. The fraction of sp³-hybridized carbons (Fsp3) is 0.714. The Morgan fingerprint density at radius 1 is 0.383 bits per heavy atom. The van der Waals surface area contributed by atoms with Gasteiger partial charge in [-0.2, -0.15) is 0 Å². The van der Waals surface area contributed by atoms with Crippen molar-refractivity contribution in [1.82, 2.24) is 0 Å². The van der Waals surface area contributed by atoms with E-state index in [1.807, 2.05) is 0 Å². The predicted octanol–water partition coefficient (Wildman–Crippen LogP) is -0.831. The van der Waals surface area contributed by atoms with E-state index in [1.165, 1.54) is 0 Å². The molecule has 2 saturated heterocycles. The molecule has 2 aliphatic heterocycles. The van der Waals surface area contributed by atoms with Crippen LogP contribution in [0.2, 0.25) is 0 Å². The van der Waals surface area contributed by atoms with E-state index in [-0.39, 0.29) is 0 Å². The molecule has 0 aliphatic carbocycles. The second kappa shape index (κ2) is 17.5. The van der Waals surface area contributed by atoms with E-state index < -0.39 is 122 Å². The Bertz CT molecular complexity index is 1200. The Morgan fingerprint density at radius 3 is 1.09 bits per heavy atom. The first-order valence-corrected chi connectivity index (χ1v) is 14.2. The second-order valence-corrected chi connectivity index (χ2v) is 10.3. The number of hydrogen-bond acceptors (Lipinski definition) is 19. The third kappa shape index (κ3) is 12.1. The summed E-state index contributed by atoms with van der Waals surface area (Å²) in [5.41, 5.74) is 0. The second-order valence-electron chi connectivity index (χ2n) is 10.3. The summed E-state index contributed by atoms with van der Waals surface area (Å²) in [6.45, 7) is 7.09. The highest BCUT2D eigenvalue weighted by Gasteiger charge is 2.56. The van der Waals surface area contributed by atoms with Crippen LogP contribution in [0, 0.1) is 0 Å². The van der Waals surface area contributed by atoms with E-state index in [4.69, 9.17) is 52.1 Å². The van der Waals surface area contributed by atoms with Crippen molar-refractivity contribution in [2.45, 2.75) is 117 Å². The topological polar surface area (TPSA) is 238 Å². The van der Waals surface area contributed by atoms with E-state index in [2.05, 4.69) is 0 Å². The SMILES string of the molecule is CC(=O)OCC1OC(OCC2OC(OC(C)=O)C(OC(C)=O)C(OC(C)=O)C2OC(C)=O)C(OC(C)=O)C(OC(C)=O)C1OC(C)=O. The maximum Gasteiger partial charge on any atom is 0.305 e. The standard InChI is InChI=1S/C28H38O19/c1-11(29)37-9-19-21(39-12(2)30)23(41-14(4)32)25(43-16(6)34)27(46-19)38-10-20-22(40-13(3)31)24(42-15(5)33)26(44-17(7)35)28(47-20)45-18(8)36/h19-28H,9-10H2,1-8H3. The Kier molecular flexibility index (Phi) is 14.5. The largest absolute Gasteiger partial charge is 0.463 e. The molecular formula is C28H38O19. The van der Waals surface area contributed by atoms with Crippen LogP contribution in [0.1, 0.15) is 55.4 Å². The van der Waals surface area contributed by atoms with Gasteiger partial charge >= 0.3 is 47.8 Å². The first-order chi connectivity index (χ1) is 21.9. The van der Waals surface area contributed by atoms with Gasteiger partial charge in [0.05, 0.1) is 6.61 Å². The molecule has 19 heteroatoms. The predicted molar refractivity (Wildman–Crippen MR) is 145 cm³/mol. The summed E-state index contributed by atoms with van der Waals surface area (Å²) in [6.07, 6.45) is -15.6. The van der Waals surface area contributed by atoms with Crippen molar-refractivity contribution >= 4 is 47.8 Å². The first kappa shape index (κ1) is 38.8. The Balaban J connectivity index is 2.56. The van der Waals surface area contributed by atoms with Crippen LogP contribution in [-0.4, -0.2) is 122 Å². The van der Waals surface area contributed by atoms with Crippen molar-refractivity contribution in [2.24, 2.45) is 0 Å². The molecule has 0 saturated carbocycles. The molecule has 2 aliphatic rings. The van der Waals surface area contributed by atoms with Gasteiger partial charge < -0.3 is 52.1 Å². The van der Waals surface area contributed by atoms with Gasteiger partial charge in [-0.05, 0) is 0 Å². The fourth-order valence-electron chi connectivity index (χ4n) is 4.76. The van der Waals surface area contributed by atoms with Crippen molar-refractivity contribution in [3.8, 4) is 0 Å². The van der Waals surface area contributed by atoms with Crippen LogP contribution in [0.25, 0.3) is 0 Å². The van der Waals surface area contributed by atoms with Gasteiger partial charge in [0, 0.05) is 55.4 Å². The average molecular weight is 679 g/mol. The van der Waals surface area contributed by atoms with Crippen LogP contribution >= 0.6 is 0 Å². The monoisotopic (exact) mass is 678 g/mol. The molecule has 0 amide bonds. The third-order valence-electron chi connectivity index (χ3n) is 6.15. The highest BCUT2D eigenvalue weighted by atomic mass is 16.8. The number of hydrogen-bond donors (Lipinski definition) is 0. The lowest BCUT2D eigenvalue weighted by molar-refractivity contribution is -0.331. The van der Waals surface area contributed by atoms with Gasteiger partial charge in [0.25, 0.3) is 0 Å². The number of carbonyl (C=O) groups is 8. The summed E-state index contributed by atoms with van der Waals surface area (Å²) in [4.78, 5) is 95.9. The molecule has 0 aromatic heterocycles. The summed E-state index contributed by atoms with van der Waals surface area (Å²) in [5, 5.41) is 0. The van der Waals surface area contributed by atoms with Gasteiger partial charge in [-0.3, -0.25) is 38.4 Å². The van der Waals surface area contributed by atoms with Crippen LogP contribution in [0.3, 0.4) is 0 Å². The molecule has 10 unspecified atom stereocenters. The molecule has 0 aromatic rings. The molecule has 10 atom stereocenters. The highest BCUT2D eigenvalue weighted by Crippen LogP contribution is 2.33. The Labute approximate surface area is 268 Å². The van der Waals surface area contributed by atoms with Gasteiger partial charge in [-0.25, -0.2) is 0 Å². The van der Waals surface area contributed by atoms with E-state index in [0.29, 0.717) is 0 Å². The lowest BCUT2D eigenvalue weighted by Crippen LogP contribution is -2.65. The molecule has 2 rings (SSSR count). The van der Waals surface area contributed by atoms with Crippen LogP contribution in [0.15, 0.2) is 0 Å². The molecule has 0 aromatic carbocycles. The summed E-state index contributed by atoms with van der Waals surface area (Å²) in [5.74, 6) is -6.93. The zero-order valence-corrected chi connectivity index (χ0v) is 26.9. The van der Waals surface area contributed by atoms with Gasteiger partial charge in [0.2, 0.25) is 12.4 Å². The number of esters is 8. The summed E-state index contributed by atoms with van der Waals surface area (Å²) >= 11 is 0. The Morgan fingerprint density at radius 2 is 0.702 bits per heavy atom. The molecule has 47 heavy (non-hydrogen) atoms. The normalized spacial score (nSPS) is 30.0. The zero-order chi connectivity index (χ0) is 35.6. The van der Waals surface area contributed by atoms with Crippen molar-refractivity contribution in [2.75, 3.05) is 13.2 Å². The molecule has 19 nitrogen and oxygen atoms in total. The number of rotatable bonds is 12. The molecule has 0 radical (unpaired) electrons. The van der Waals surface area contributed by atoms with Crippen LogP contribution in [0.4, 0.5) is 0 Å². The Hall–Kier alpha value is -4.36. The first-order valence-electron chi connectivity index (χ1n) is 14.2. The lowest BCUT2D eigenvalue weighted by Gasteiger charge is -2.46. The molecular weight excluding hydrogens is 640 g/mol. The maximum atomic E-state index is 12.1. The van der Waals surface area contributed by atoms with Gasteiger partial charge in [-0.1, -0.05) is 0 Å². The minimum absolute atomic E-state index is 0.541. The smallest absolute Gasteiger partial charge is 0.305 e. The number of ether oxygens (including phenoxy) is 11. The van der Waals surface area contributed by atoms with E-state index in [0.717, 1.165) is 55.4 Å². The zero-order valence-electron chi connectivity index (χ0n) is 26.9. The highest BCUT2D eigenvalue weighted by molar-refractivity contribution is 5.70. The number of carbonyl (C=O) groups excluding carboxylic acids is 8. The van der Waals surface area contributed by atoms with Crippen molar-refractivity contribution in [1.29, 1.82) is 0 Å². The van der Waals surface area contributed by atoms with E-state index in [9.17, 15) is 38.4 Å². The van der Waals surface area contributed by atoms with Gasteiger partial charge in [0.1, 0.15) is 18.8 Å². The van der Waals surface area contributed by atoms with E-state index >= 15 is 0 Å². The van der Waals surface area contributed by atoms with E-state index in [1.54, 1.807) is 0 Å². The summed E-state index contributed by atoms with van der Waals surface area (Å²) < 4.78 is 59.8. The average Bonchev–Trinajstić information content (AvgIpc) is 2.91.